The minimum Gasteiger partial charge on any atom is -0.396 e. The van der Waals surface area contributed by atoms with Crippen molar-refractivity contribution in [3.8, 4) is 0 Å². The molecule has 0 aromatic heterocycles. The SMILES string of the molecule is CCCC1CCCC(NC(C)CCCO)CC1. The Labute approximate surface area is 107 Å². The second-order valence-corrected chi connectivity index (χ2v) is 5.79. The lowest BCUT2D eigenvalue weighted by molar-refractivity contribution is 0.271. The topological polar surface area (TPSA) is 32.3 Å². The van der Waals surface area contributed by atoms with Gasteiger partial charge in [-0.25, -0.2) is 0 Å². The van der Waals surface area contributed by atoms with Crippen molar-refractivity contribution in [2.45, 2.75) is 83.7 Å². The van der Waals surface area contributed by atoms with E-state index < -0.39 is 0 Å². The molecule has 2 N–H and O–H groups in total. The Morgan fingerprint density at radius 2 is 2.06 bits per heavy atom. The number of aliphatic hydroxyl groups excluding tert-OH is 1. The predicted octanol–water partition coefficient (Wildman–Crippen LogP) is 3.49. The lowest BCUT2D eigenvalue weighted by atomic mass is 9.95. The van der Waals surface area contributed by atoms with Gasteiger partial charge >= 0.3 is 0 Å². The summed E-state index contributed by atoms with van der Waals surface area (Å²) in [5.41, 5.74) is 0. The number of rotatable bonds is 7. The van der Waals surface area contributed by atoms with Gasteiger partial charge in [0.05, 0.1) is 0 Å². The monoisotopic (exact) mass is 241 g/mol. The van der Waals surface area contributed by atoms with Gasteiger partial charge in [0, 0.05) is 18.7 Å². The van der Waals surface area contributed by atoms with Gasteiger partial charge in [-0.15, -0.1) is 0 Å². The molecule has 2 nitrogen and oxygen atoms in total. The van der Waals surface area contributed by atoms with Crippen LogP contribution in [0.2, 0.25) is 0 Å². The van der Waals surface area contributed by atoms with Crippen LogP contribution in [0.5, 0.6) is 0 Å². The molecule has 1 aliphatic rings. The van der Waals surface area contributed by atoms with Crippen molar-refractivity contribution in [2.24, 2.45) is 5.92 Å². The Kier molecular flexibility index (Phi) is 7.87. The van der Waals surface area contributed by atoms with Crippen LogP contribution in [0.4, 0.5) is 0 Å². The molecule has 2 heteroatoms. The minimum atomic E-state index is 0.329. The highest BCUT2D eigenvalue weighted by Gasteiger charge is 2.19. The van der Waals surface area contributed by atoms with Crippen molar-refractivity contribution < 1.29 is 5.11 Å². The second-order valence-electron chi connectivity index (χ2n) is 5.79. The molecule has 102 valence electrons. The van der Waals surface area contributed by atoms with Crippen molar-refractivity contribution >= 4 is 0 Å². The first-order chi connectivity index (χ1) is 8.26. The summed E-state index contributed by atoms with van der Waals surface area (Å²) in [6.07, 6.45) is 11.8. The summed E-state index contributed by atoms with van der Waals surface area (Å²) < 4.78 is 0. The molecule has 1 saturated carbocycles. The molecule has 0 saturated heterocycles. The van der Waals surface area contributed by atoms with E-state index in [-0.39, 0.29) is 0 Å². The van der Waals surface area contributed by atoms with E-state index in [4.69, 9.17) is 5.11 Å². The van der Waals surface area contributed by atoms with Crippen molar-refractivity contribution in [3.05, 3.63) is 0 Å². The summed E-state index contributed by atoms with van der Waals surface area (Å²) in [5, 5.41) is 12.6. The molecular formula is C15H31NO. The smallest absolute Gasteiger partial charge is 0.0431 e. The molecule has 17 heavy (non-hydrogen) atoms. The summed E-state index contributed by atoms with van der Waals surface area (Å²) >= 11 is 0. The Balaban J connectivity index is 2.21. The normalized spacial score (nSPS) is 27.7. The van der Waals surface area contributed by atoms with Crippen molar-refractivity contribution in [3.63, 3.8) is 0 Å². The maximum absolute atomic E-state index is 8.83. The van der Waals surface area contributed by atoms with E-state index in [2.05, 4.69) is 19.2 Å². The largest absolute Gasteiger partial charge is 0.396 e. The summed E-state index contributed by atoms with van der Waals surface area (Å²) in [5.74, 6) is 0.986. The molecule has 1 aliphatic carbocycles. The highest BCUT2D eigenvalue weighted by Crippen LogP contribution is 2.26. The number of hydrogen-bond acceptors (Lipinski definition) is 2. The fourth-order valence-corrected chi connectivity index (χ4v) is 3.13. The average molecular weight is 241 g/mol. The third kappa shape index (κ3) is 6.42. The lowest BCUT2D eigenvalue weighted by Gasteiger charge is -2.22. The van der Waals surface area contributed by atoms with Crippen LogP contribution >= 0.6 is 0 Å². The molecule has 0 spiro atoms. The summed E-state index contributed by atoms with van der Waals surface area (Å²) in [4.78, 5) is 0. The van der Waals surface area contributed by atoms with E-state index in [0.29, 0.717) is 12.6 Å². The Bertz CT molecular complexity index is 184. The van der Waals surface area contributed by atoms with E-state index in [0.717, 1.165) is 24.8 Å². The molecule has 0 aromatic carbocycles. The quantitative estimate of drug-likeness (QED) is 0.669. The lowest BCUT2D eigenvalue weighted by Crippen LogP contribution is -2.36. The Hall–Kier alpha value is -0.0800. The van der Waals surface area contributed by atoms with Gasteiger partial charge in [-0.05, 0) is 44.9 Å². The van der Waals surface area contributed by atoms with Crippen LogP contribution < -0.4 is 5.32 Å². The molecule has 1 fully saturated rings. The van der Waals surface area contributed by atoms with Crippen molar-refractivity contribution in [1.29, 1.82) is 0 Å². The molecule has 0 bridgehead atoms. The maximum Gasteiger partial charge on any atom is 0.0431 e. The Morgan fingerprint density at radius 1 is 1.24 bits per heavy atom. The fraction of sp³-hybridized carbons (Fsp3) is 1.00. The summed E-state index contributed by atoms with van der Waals surface area (Å²) in [6.45, 7) is 4.89. The Morgan fingerprint density at radius 3 is 2.76 bits per heavy atom. The number of nitrogens with one attached hydrogen (secondary N) is 1. The van der Waals surface area contributed by atoms with Crippen LogP contribution in [0.3, 0.4) is 0 Å². The fourth-order valence-electron chi connectivity index (χ4n) is 3.13. The number of aliphatic hydroxyl groups is 1. The van der Waals surface area contributed by atoms with Crippen LogP contribution in [0, 0.1) is 5.92 Å². The van der Waals surface area contributed by atoms with E-state index in [9.17, 15) is 0 Å². The van der Waals surface area contributed by atoms with Gasteiger partial charge in [0.15, 0.2) is 0 Å². The van der Waals surface area contributed by atoms with Gasteiger partial charge < -0.3 is 10.4 Å². The first kappa shape index (κ1) is 15.0. The third-order valence-electron chi connectivity index (χ3n) is 4.10. The molecular weight excluding hydrogens is 210 g/mol. The zero-order chi connectivity index (χ0) is 12.5. The molecule has 0 aromatic rings. The first-order valence-corrected chi connectivity index (χ1v) is 7.63. The summed E-state index contributed by atoms with van der Waals surface area (Å²) in [7, 11) is 0. The van der Waals surface area contributed by atoms with Gasteiger partial charge in [-0.3, -0.25) is 0 Å². The van der Waals surface area contributed by atoms with Crippen LogP contribution in [0.1, 0.15) is 71.6 Å². The minimum absolute atomic E-state index is 0.329. The van der Waals surface area contributed by atoms with Crippen molar-refractivity contribution in [2.75, 3.05) is 6.61 Å². The molecule has 3 atom stereocenters. The average Bonchev–Trinajstić information content (AvgIpc) is 2.53. The van der Waals surface area contributed by atoms with Crippen LogP contribution in [0.15, 0.2) is 0 Å². The standard InChI is InChI=1S/C15H31NO/c1-3-6-14-8-4-9-15(11-10-14)16-13(2)7-5-12-17/h13-17H,3-12H2,1-2H3. The van der Waals surface area contributed by atoms with Crippen LogP contribution in [0.25, 0.3) is 0 Å². The zero-order valence-electron chi connectivity index (χ0n) is 11.8. The first-order valence-electron chi connectivity index (χ1n) is 7.63. The van der Waals surface area contributed by atoms with Crippen LogP contribution in [-0.4, -0.2) is 23.8 Å². The van der Waals surface area contributed by atoms with Gasteiger partial charge in [-0.1, -0.05) is 32.6 Å². The van der Waals surface area contributed by atoms with Gasteiger partial charge in [0.25, 0.3) is 0 Å². The van der Waals surface area contributed by atoms with Gasteiger partial charge in [0.2, 0.25) is 0 Å². The molecule has 0 heterocycles. The van der Waals surface area contributed by atoms with E-state index in [1.165, 1.54) is 44.9 Å². The highest BCUT2D eigenvalue weighted by molar-refractivity contribution is 4.77. The third-order valence-corrected chi connectivity index (χ3v) is 4.10. The van der Waals surface area contributed by atoms with Gasteiger partial charge in [0.1, 0.15) is 0 Å². The number of hydrogen-bond donors (Lipinski definition) is 2. The molecule has 0 aliphatic heterocycles. The van der Waals surface area contributed by atoms with Crippen molar-refractivity contribution in [1.82, 2.24) is 5.32 Å². The molecule has 3 unspecified atom stereocenters. The molecule has 0 radical (unpaired) electrons. The van der Waals surface area contributed by atoms with E-state index in [1.54, 1.807) is 0 Å². The van der Waals surface area contributed by atoms with E-state index >= 15 is 0 Å². The second kappa shape index (κ2) is 8.93. The molecule has 1 rings (SSSR count). The van der Waals surface area contributed by atoms with Gasteiger partial charge in [-0.2, -0.15) is 0 Å². The van der Waals surface area contributed by atoms with E-state index in [1.807, 2.05) is 0 Å². The van der Waals surface area contributed by atoms with Crippen LogP contribution in [-0.2, 0) is 0 Å². The highest BCUT2D eigenvalue weighted by atomic mass is 16.2. The zero-order valence-corrected chi connectivity index (χ0v) is 11.8. The summed E-state index contributed by atoms with van der Waals surface area (Å²) in [6, 6.07) is 1.29. The predicted molar refractivity (Wildman–Crippen MR) is 74.2 cm³/mol. The molecule has 0 amide bonds. The maximum atomic E-state index is 8.83.